The summed E-state index contributed by atoms with van der Waals surface area (Å²) in [5, 5.41) is 18.2. The Balaban J connectivity index is 2.33. The van der Waals surface area contributed by atoms with Gasteiger partial charge in [-0.25, -0.2) is 0 Å². The summed E-state index contributed by atoms with van der Waals surface area (Å²) in [4.78, 5) is 0. The first-order chi connectivity index (χ1) is 6.20. The maximum atomic E-state index is 9.12. The maximum Gasteiger partial charge on any atom is 0.488 e. The van der Waals surface area contributed by atoms with Gasteiger partial charge in [0, 0.05) is 0 Å². The van der Waals surface area contributed by atoms with Crippen molar-refractivity contribution in [2.24, 2.45) is 5.92 Å². The topological polar surface area (TPSA) is 40.5 Å². The van der Waals surface area contributed by atoms with Crippen molar-refractivity contribution in [1.29, 1.82) is 0 Å². The van der Waals surface area contributed by atoms with Crippen LogP contribution < -0.4 is 5.46 Å². The smallest absolute Gasteiger partial charge is 0.423 e. The van der Waals surface area contributed by atoms with Gasteiger partial charge in [-0.15, -0.1) is 0 Å². The van der Waals surface area contributed by atoms with Crippen LogP contribution in [0.15, 0.2) is 24.3 Å². The van der Waals surface area contributed by atoms with Gasteiger partial charge in [-0.3, -0.25) is 0 Å². The van der Waals surface area contributed by atoms with Gasteiger partial charge < -0.3 is 10.0 Å². The Morgan fingerprint density at radius 3 is 2.46 bits per heavy atom. The zero-order valence-electron chi connectivity index (χ0n) is 7.64. The van der Waals surface area contributed by atoms with E-state index in [0.29, 0.717) is 17.3 Å². The quantitative estimate of drug-likeness (QED) is 0.643. The summed E-state index contributed by atoms with van der Waals surface area (Å²) >= 11 is 0. The van der Waals surface area contributed by atoms with Crippen molar-refractivity contribution < 1.29 is 10.0 Å². The van der Waals surface area contributed by atoms with Crippen LogP contribution in [0.5, 0.6) is 0 Å². The lowest BCUT2D eigenvalue weighted by atomic mass is 9.76. The summed E-state index contributed by atoms with van der Waals surface area (Å²) in [6.45, 7) is 2.19. The fourth-order valence-corrected chi connectivity index (χ4v) is 1.84. The molecule has 0 aliphatic heterocycles. The first kappa shape index (κ1) is 8.79. The molecule has 1 aromatic rings. The molecule has 0 bridgehead atoms. The predicted octanol–water partition coefficient (Wildman–Crippen LogP) is 0.490. The Morgan fingerprint density at radius 1 is 1.31 bits per heavy atom. The molecule has 3 heteroatoms. The third-order valence-corrected chi connectivity index (χ3v) is 2.78. The van der Waals surface area contributed by atoms with Gasteiger partial charge in [0.25, 0.3) is 0 Å². The van der Waals surface area contributed by atoms with E-state index in [9.17, 15) is 0 Å². The third kappa shape index (κ3) is 1.62. The van der Waals surface area contributed by atoms with Crippen LogP contribution in [-0.2, 0) is 0 Å². The van der Waals surface area contributed by atoms with Gasteiger partial charge >= 0.3 is 7.12 Å². The summed E-state index contributed by atoms with van der Waals surface area (Å²) in [7, 11) is -1.33. The molecule has 2 N–H and O–H groups in total. The second-order valence-electron chi connectivity index (χ2n) is 3.82. The molecule has 1 aromatic carbocycles. The predicted molar refractivity (Wildman–Crippen MR) is 52.8 cm³/mol. The van der Waals surface area contributed by atoms with E-state index in [1.165, 1.54) is 6.42 Å². The third-order valence-electron chi connectivity index (χ3n) is 2.78. The molecule has 1 aliphatic rings. The molecule has 0 radical (unpaired) electrons. The highest BCUT2D eigenvalue weighted by molar-refractivity contribution is 6.59. The average molecular weight is 176 g/mol. The van der Waals surface area contributed by atoms with Crippen LogP contribution in [0.4, 0.5) is 0 Å². The minimum atomic E-state index is -1.33. The van der Waals surface area contributed by atoms with Gasteiger partial charge in [-0.1, -0.05) is 31.2 Å². The fraction of sp³-hybridized carbons (Fsp3) is 0.400. The van der Waals surface area contributed by atoms with Crippen molar-refractivity contribution in [2.45, 2.75) is 19.3 Å². The number of rotatable bonds is 2. The normalized spacial score (nSPS) is 25.8. The minimum absolute atomic E-state index is 0.540. The van der Waals surface area contributed by atoms with E-state index in [1.54, 1.807) is 6.07 Å². The molecule has 2 rings (SSSR count). The summed E-state index contributed by atoms with van der Waals surface area (Å²) < 4.78 is 0. The Morgan fingerprint density at radius 2 is 1.92 bits per heavy atom. The van der Waals surface area contributed by atoms with E-state index >= 15 is 0 Å². The summed E-state index contributed by atoms with van der Waals surface area (Å²) in [6, 6.07) is 7.56. The van der Waals surface area contributed by atoms with E-state index in [0.717, 1.165) is 5.56 Å². The van der Waals surface area contributed by atoms with E-state index < -0.39 is 7.12 Å². The van der Waals surface area contributed by atoms with Gasteiger partial charge in [0.05, 0.1) is 0 Å². The summed E-state index contributed by atoms with van der Waals surface area (Å²) in [5.74, 6) is 1.23. The lowest BCUT2D eigenvalue weighted by molar-refractivity contribution is 0.425. The summed E-state index contributed by atoms with van der Waals surface area (Å²) in [5.41, 5.74) is 1.77. The summed E-state index contributed by atoms with van der Waals surface area (Å²) in [6.07, 6.45) is 1.17. The van der Waals surface area contributed by atoms with Crippen LogP contribution in [0, 0.1) is 5.92 Å². The molecular formula is C10H13BO2. The molecule has 0 heterocycles. The molecule has 0 saturated heterocycles. The first-order valence-corrected chi connectivity index (χ1v) is 4.65. The number of benzene rings is 1. The molecule has 1 fully saturated rings. The fourth-order valence-electron chi connectivity index (χ4n) is 1.84. The molecule has 0 aromatic heterocycles. The molecule has 2 atom stereocenters. The second kappa shape index (κ2) is 3.16. The van der Waals surface area contributed by atoms with Crippen molar-refractivity contribution >= 4 is 12.6 Å². The lowest BCUT2D eigenvalue weighted by Crippen LogP contribution is -2.32. The van der Waals surface area contributed by atoms with Gasteiger partial charge in [0.2, 0.25) is 0 Å². The zero-order valence-corrected chi connectivity index (χ0v) is 7.64. The van der Waals surface area contributed by atoms with E-state index in [2.05, 4.69) is 6.92 Å². The first-order valence-electron chi connectivity index (χ1n) is 4.65. The Bertz CT molecular complexity index is 312. The second-order valence-corrected chi connectivity index (χ2v) is 3.82. The van der Waals surface area contributed by atoms with Gasteiger partial charge in [-0.2, -0.15) is 0 Å². The largest absolute Gasteiger partial charge is 0.488 e. The highest BCUT2D eigenvalue weighted by Gasteiger charge is 2.36. The molecule has 2 nitrogen and oxygen atoms in total. The molecular weight excluding hydrogens is 163 g/mol. The van der Waals surface area contributed by atoms with Gasteiger partial charge in [0.15, 0.2) is 0 Å². The molecule has 0 unspecified atom stereocenters. The standard InChI is InChI=1S/C10H13BO2/c1-7-6-9(7)8-4-2-3-5-10(8)11(12)13/h2-5,7,9,12-13H,6H2,1H3/t7-,9-/m1/s1. The van der Waals surface area contributed by atoms with Crippen molar-refractivity contribution in [3.05, 3.63) is 29.8 Å². The van der Waals surface area contributed by atoms with Crippen molar-refractivity contribution in [3.63, 3.8) is 0 Å². The maximum absolute atomic E-state index is 9.12. The molecule has 13 heavy (non-hydrogen) atoms. The molecule has 68 valence electrons. The van der Waals surface area contributed by atoms with Gasteiger partial charge in [0.1, 0.15) is 0 Å². The Kier molecular flexibility index (Phi) is 2.14. The van der Waals surface area contributed by atoms with Crippen LogP contribution >= 0.6 is 0 Å². The Labute approximate surface area is 78.4 Å². The van der Waals surface area contributed by atoms with E-state index in [1.807, 2.05) is 18.2 Å². The van der Waals surface area contributed by atoms with Crippen molar-refractivity contribution in [2.75, 3.05) is 0 Å². The van der Waals surface area contributed by atoms with Crippen LogP contribution in [0.1, 0.15) is 24.8 Å². The van der Waals surface area contributed by atoms with Crippen LogP contribution in [0.25, 0.3) is 0 Å². The van der Waals surface area contributed by atoms with E-state index in [4.69, 9.17) is 10.0 Å². The van der Waals surface area contributed by atoms with Gasteiger partial charge in [-0.05, 0) is 29.3 Å². The monoisotopic (exact) mass is 176 g/mol. The zero-order chi connectivity index (χ0) is 9.42. The molecule has 1 saturated carbocycles. The molecule has 0 spiro atoms. The number of hydrogen-bond donors (Lipinski definition) is 2. The number of hydrogen-bond acceptors (Lipinski definition) is 2. The lowest BCUT2D eigenvalue weighted by Gasteiger charge is -2.06. The van der Waals surface area contributed by atoms with Crippen molar-refractivity contribution in [1.82, 2.24) is 0 Å². The van der Waals surface area contributed by atoms with Crippen LogP contribution in [0.3, 0.4) is 0 Å². The van der Waals surface area contributed by atoms with E-state index in [-0.39, 0.29) is 0 Å². The average Bonchev–Trinajstić information content (AvgIpc) is 2.82. The Hall–Kier alpha value is -0.795. The van der Waals surface area contributed by atoms with Crippen molar-refractivity contribution in [3.8, 4) is 0 Å². The minimum Gasteiger partial charge on any atom is -0.423 e. The van der Waals surface area contributed by atoms with Crippen LogP contribution in [0.2, 0.25) is 0 Å². The SMILES string of the molecule is C[C@@H]1C[C@H]1c1ccccc1B(O)O. The van der Waals surface area contributed by atoms with Crippen LogP contribution in [-0.4, -0.2) is 17.2 Å². The highest BCUT2D eigenvalue weighted by atomic mass is 16.4. The molecule has 0 amide bonds. The molecule has 1 aliphatic carbocycles. The highest BCUT2D eigenvalue weighted by Crippen LogP contribution is 2.46.